The van der Waals surface area contributed by atoms with Gasteiger partial charge in [-0.15, -0.1) is 0 Å². The maximum atomic E-state index is 12.1. The van der Waals surface area contributed by atoms with E-state index in [9.17, 15) is 19.4 Å². The molecule has 2 aliphatic heterocycles. The summed E-state index contributed by atoms with van der Waals surface area (Å²) in [5.74, 6) is 0.137. The van der Waals surface area contributed by atoms with Gasteiger partial charge in [-0.05, 0) is 12.8 Å². The van der Waals surface area contributed by atoms with Crippen LogP contribution in [0.2, 0.25) is 0 Å². The number of fused-ring (bicyclic) bond motifs is 1. The van der Waals surface area contributed by atoms with Crippen molar-refractivity contribution >= 4 is 13.6 Å². The van der Waals surface area contributed by atoms with E-state index in [1.54, 1.807) is 0 Å². The molecule has 5 atom stereocenters. The van der Waals surface area contributed by atoms with Crippen LogP contribution in [0.3, 0.4) is 0 Å². The Morgan fingerprint density at radius 1 is 1.56 bits per heavy atom. The minimum atomic E-state index is -4.47. The number of unbranched alkanes of at least 4 members (excludes halogenated alkanes) is 1. The van der Waals surface area contributed by atoms with Crippen molar-refractivity contribution in [1.82, 2.24) is 15.7 Å². The van der Waals surface area contributed by atoms with Crippen molar-refractivity contribution in [3.05, 3.63) is 22.2 Å². The molecule has 0 amide bonds. The number of nitrogens with two attached hydrogens (primary N) is 1. The summed E-state index contributed by atoms with van der Waals surface area (Å²) in [6.07, 6.45) is -0.495. The summed E-state index contributed by atoms with van der Waals surface area (Å²) in [6, 6.07) is 0. The smallest absolute Gasteiger partial charge is 0.351 e. The van der Waals surface area contributed by atoms with Gasteiger partial charge in [0.05, 0.1) is 6.61 Å². The Balaban J connectivity index is 0.00000225. The molecule has 11 nitrogen and oxygen atoms in total. The highest BCUT2D eigenvalue weighted by Crippen LogP contribution is 2.49. The predicted octanol–water partition coefficient (Wildman–Crippen LogP) is -0.314. The molecular weight excluding hydrogens is 355 g/mol. The second-order valence-electron chi connectivity index (χ2n) is 5.81. The van der Waals surface area contributed by atoms with Crippen LogP contribution >= 0.6 is 7.82 Å². The third kappa shape index (κ3) is 3.93. The Morgan fingerprint density at radius 3 is 2.96 bits per heavy atom. The lowest BCUT2D eigenvalue weighted by molar-refractivity contribution is -0.245. The molecular formula is C13H23N4O7P. The van der Waals surface area contributed by atoms with Crippen molar-refractivity contribution in [2.45, 2.75) is 50.7 Å². The van der Waals surface area contributed by atoms with Crippen LogP contribution < -0.4 is 22.5 Å². The fraction of sp³-hybridized carbons (Fsp3) is 0.692. The molecule has 25 heavy (non-hydrogen) atoms. The molecule has 12 heteroatoms. The number of quaternary nitrogens is 1. The van der Waals surface area contributed by atoms with Crippen LogP contribution in [0.1, 0.15) is 31.6 Å². The lowest BCUT2D eigenvalue weighted by Gasteiger charge is -2.34. The number of phosphoric ester groups is 1. The summed E-state index contributed by atoms with van der Waals surface area (Å²) < 4.78 is 27.4. The minimum absolute atomic E-state index is 0. The number of hydrogen-bond donors (Lipinski definition) is 3. The molecule has 1 aromatic heterocycles. The maximum absolute atomic E-state index is 12.1. The number of aliphatic hydroxyl groups is 1. The van der Waals surface area contributed by atoms with Gasteiger partial charge in [0, 0.05) is 11.8 Å². The normalized spacial score (nSPS) is 34.4. The van der Waals surface area contributed by atoms with Crippen molar-refractivity contribution in [2.24, 2.45) is 0 Å². The van der Waals surface area contributed by atoms with Crippen LogP contribution in [-0.2, 0) is 24.8 Å². The molecule has 7 N–H and O–H groups in total. The van der Waals surface area contributed by atoms with Gasteiger partial charge in [-0.1, -0.05) is 13.3 Å². The average molecular weight is 378 g/mol. The van der Waals surface area contributed by atoms with E-state index in [0.717, 1.165) is 17.4 Å². The minimum Gasteiger partial charge on any atom is -0.756 e. The first-order valence-electron chi connectivity index (χ1n) is 7.67. The number of hydrogen-bond acceptors (Lipinski definition) is 9. The van der Waals surface area contributed by atoms with E-state index in [-0.39, 0.29) is 18.6 Å². The second kappa shape index (κ2) is 7.50. The van der Waals surface area contributed by atoms with Gasteiger partial charge < -0.3 is 35.7 Å². The first-order valence-corrected chi connectivity index (χ1v) is 9.13. The van der Waals surface area contributed by atoms with Crippen molar-refractivity contribution in [3.63, 3.8) is 0 Å². The lowest BCUT2D eigenvalue weighted by Crippen LogP contribution is -2.41. The van der Waals surface area contributed by atoms with Crippen molar-refractivity contribution in [2.75, 3.05) is 12.3 Å². The van der Waals surface area contributed by atoms with E-state index < -0.39 is 38.1 Å². The number of anilines is 1. The van der Waals surface area contributed by atoms with Crippen molar-refractivity contribution in [1.29, 1.82) is 0 Å². The molecule has 2 fully saturated rings. The topological polar surface area (TPSA) is 185 Å². The van der Waals surface area contributed by atoms with E-state index in [4.69, 9.17) is 15.0 Å². The predicted molar refractivity (Wildman–Crippen MR) is 85.9 cm³/mol. The van der Waals surface area contributed by atoms with Gasteiger partial charge >= 0.3 is 5.69 Å². The largest absolute Gasteiger partial charge is 0.756 e. The molecule has 0 spiro atoms. The molecule has 0 bridgehead atoms. The highest BCUT2D eigenvalue weighted by atomic mass is 31.2. The Bertz CT molecular complexity index is 727. The zero-order valence-electron chi connectivity index (χ0n) is 14.0. The van der Waals surface area contributed by atoms with Gasteiger partial charge in [0.15, 0.2) is 6.23 Å². The monoisotopic (exact) mass is 378 g/mol. The summed E-state index contributed by atoms with van der Waals surface area (Å²) in [7, 11) is -4.47. The quantitative estimate of drug-likeness (QED) is 0.591. The number of phosphoric acid groups is 1. The third-order valence-electron chi connectivity index (χ3n) is 4.09. The fourth-order valence-corrected chi connectivity index (χ4v) is 3.77. The van der Waals surface area contributed by atoms with Crippen molar-refractivity contribution < 1.29 is 28.3 Å². The average Bonchev–Trinajstić information content (AvgIpc) is 2.82. The Morgan fingerprint density at radius 2 is 2.28 bits per heavy atom. The van der Waals surface area contributed by atoms with Crippen LogP contribution in [0.5, 0.6) is 0 Å². The number of rotatable bonds is 4. The second-order valence-corrected chi connectivity index (χ2v) is 7.18. The van der Waals surface area contributed by atoms with E-state index in [0.29, 0.717) is 12.0 Å². The molecule has 0 saturated carbocycles. The number of aryl methyl sites for hydroxylation is 1. The molecule has 142 valence electrons. The van der Waals surface area contributed by atoms with E-state index in [2.05, 4.69) is 9.51 Å². The molecule has 3 heterocycles. The molecule has 0 aliphatic carbocycles. The molecule has 2 aliphatic rings. The Hall–Kier alpha value is -1.33. The summed E-state index contributed by atoms with van der Waals surface area (Å²) in [5.41, 5.74) is 5.73. The van der Waals surface area contributed by atoms with Crippen LogP contribution in [-0.4, -0.2) is 39.6 Å². The van der Waals surface area contributed by atoms with Crippen LogP contribution in [0.25, 0.3) is 0 Å². The van der Waals surface area contributed by atoms with Crippen LogP contribution in [0.15, 0.2) is 11.0 Å². The number of aliphatic hydroxyl groups excluding tert-OH is 1. The highest BCUT2D eigenvalue weighted by molar-refractivity contribution is 7.45. The number of nitrogens with zero attached hydrogens (tertiary/aromatic N) is 2. The fourth-order valence-electron chi connectivity index (χ4n) is 2.82. The van der Waals surface area contributed by atoms with Gasteiger partial charge in [-0.2, -0.15) is 4.98 Å². The number of aromatic nitrogens is 2. The Kier molecular flexibility index (Phi) is 6.00. The van der Waals surface area contributed by atoms with Crippen LogP contribution in [0, 0.1) is 0 Å². The SMILES string of the molecule is CCCCc1cn(C2OC3COP(=O)([O-])OC3C2O)c(=O)nc1N.[NH4+]. The zero-order chi connectivity index (χ0) is 17.5. The van der Waals surface area contributed by atoms with E-state index >= 15 is 0 Å². The van der Waals surface area contributed by atoms with Crippen LogP contribution in [0.4, 0.5) is 5.82 Å². The van der Waals surface area contributed by atoms with E-state index in [1.165, 1.54) is 6.20 Å². The number of ether oxygens (including phenoxy) is 1. The first kappa shape index (κ1) is 20.0. The molecule has 2 saturated heterocycles. The number of nitrogen functional groups attached to an aromatic ring is 1. The van der Waals surface area contributed by atoms with Gasteiger partial charge in [0.25, 0.3) is 7.82 Å². The summed E-state index contributed by atoms with van der Waals surface area (Å²) in [6.45, 7) is 1.74. The van der Waals surface area contributed by atoms with Gasteiger partial charge in [-0.3, -0.25) is 9.13 Å². The lowest BCUT2D eigenvalue weighted by atomic mass is 10.1. The standard InChI is InChI=1S/C13H20N3O7P.H3N/c1-2-3-4-7-5-16(13(18)15-11(7)14)12-9(17)10-8(22-12)6-21-24(19,20)23-10;/h5,8-10,12,17H,2-4,6H2,1H3,(H,19,20)(H2,14,15,18);1H3. The highest BCUT2D eigenvalue weighted by Gasteiger charge is 2.50. The molecule has 0 aromatic carbocycles. The zero-order valence-corrected chi connectivity index (χ0v) is 14.9. The summed E-state index contributed by atoms with van der Waals surface area (Å²) in [4.78, 5) is 27.3. The van der Waals surface area contributed by atoms with Crippen molar-refractivity contribution in [3.8, 4) is 0 Å². The third-order valence-corrected chi connectivity index (χ3v) is 5.06. The van der Waals surface area contributed by atoms with Gasteiger partial charge in [0.1, 0.15) is 24.1 Å². The molecule has 1 aromatic rings. The molecule has 5 unspecified atom stereocenters. The summed E-state index contributed by atoms with van der Waals surface area (Å²) in [5, 5.41) is 10.3. The Labute approximate surface area is 143 Å². The maximum Gasteiger partial charge on any atom is 0.351 e. The molecule has 3 rings (SSSR count). The van der Waals surface area contributed by atoms with Gasteiger partial charge in [-0.25, -0.2) is 4.79 Å². The first-order chi connectivity index (χ1) is 11.3. The molecule has 0 radical (unpaired) electrons. The summed E-state index contributed by atoms with van der Waals surface area (Å²) >= 11 is 0. The van der Waals surface area contributed by atoms with Gasteiger partial charge in [0.2, 0.25) is 0 Å². The van der Waals surface area contributed by atoms with E-state index in [1.807, 2.05) is 6.92 Å².